The van der Waals surface area contributed by atoms with E-state index in [1.807, 2.05) is 6.08 Å². The van der Waals surface area contributed by atoms with Gasteiger partial charge in [0.2, 0.25) is 0 Å². The molecular weight excluding hydrogens is 348 g/mol. The maximum atomic E-state index is 11.3. The Balaban J connectivity index is 1.40. The Bertz CT molecular complexity index is 1030. The molecular formula is C24H26N2O2. The Morgan fingerprint density at radius 1 is 1.29 bits per heavy atom. The second-order valence-electron chi connectivity index (χ2n) is 7.38. The summed E-state index contributed by atoms with van der Waals surface area (Å²) in [6.07, 6.45) is 6.48. The van der Waals surface area contributed by atoms with Crippen LogP contribution in [-0.2, 0) is 22.4 Å². The molecule has 2 aromatic carbocycles. The number of methoxy groups -OCH3 is 1. The molecule has 1 aromatic heterocycles. The molecule has 0 aliphatic heterocycles. The van der Waals surface area contributed by atoms with E-state index >= 15 is 0 Å². The highest BCUT2D eigenvalue weighted by atomic mass is 16.5. The molecule has 0 radical (unpaired) electrons. The molecule has 1 aliphatic carbocycles. The Morgan fingerprint density at radius 3 is 3.00 bits per heavy atom. The van der Waals surface area contributed by atoms with Crippen molar-refractivity contribution in [3.63, 3.8) is 0 Å². The van der Waals surface area contributed by atoms with Gasteiger partial charge in [-0.3, -0.25) is 0 Å². The molecule has 3 aromatic rings. The number of H-pyrrole nitrogens is 1. The third-order valence-corrected chi connectivity index (χ3v) is 5.65. The van der Waals surface area contributed by atoms with Gasteiger partial charge >= 0.3 is 5.97 Å². The standard InChI is InChI=1S/C24H26N2O2/c1-16-19(21-5-3-4-6-23(21)26-16)13-14-25-22-11-9-18-15-17(7-10-20(18)22)8-12-24(27)28-2/h3-8,10,12,15,22,25-26H,9,11,13-14H2,1-2H3/b12-8+. The van der Waals surface area contributed by atoms with Crippen molar-refractivity contribution in [1.82, 2.24) is 10.3 Å². The van der Waals surface area contributed by atoms with Crippen molar-refractivity contribution in [2.75, 3.05) is 13.7 Å². The molecule has 0 saturated carbocycles. The van der Waals surface area contributed by atoms with Crippen LogP contribution in [0.2, 0.25) is 0 Å². The largest absolute Gasteiger partial charge is 0.466 e. The molecule has 2 N–H and O–H groups in total. The van der Waals surface area contributed by atoms with Crippen molar-refractivity contribution in [1.29, 1.82) is 0 Å². The van der Waals surface area contributed by atoms with Gasteiger partial charge in [0.05, 0.1) is 7.11 Å². The van der Waals surface area contributed by atoms with Crippen LogP contribution >= 0.6 is 0 Å². The maximum Gasteiger partial charge on any atom is 0.330 e. The van der Waals surface area contributed by atoms with Crippen LogP contribution in [0.4, 0.5) is 0 Å². The van der Waals surface area contributed by atoms with E-state index in [-0.39, 0.29) is 5.97 Å². The lowest BCUT2D eigenvalue weighted by molar-refractivity contribution is -0.134. The van der Waals surface area contributed by atoms with Crippen LogP contribution in [-0.4, -0.2) is 24.6 Å². The van der Waals surface area contributed by atoms with Gasteiger partial charge < -0.3 is 15.0 Å². The molecule has 0 amide bonds. The number of carbonyl (C=O) groups excluding carboxylic acids is 1. The molecule has 1 heterocycles. The highest BCUT2D eigenvalue weighted by Gasteiger charge is 2.22. The number of carbonyl (C=O) groups is 1. The molecule has 4 heteroatoms. The van der Waals surface area contributed by atoms with Crippen molar-refractivity contribution in [3.05, 3.63) is 76.5 Å². The molecule has 0 fully saturated rings. The summed E-state index contributed by atoms with van der Waals surface area (Å²) < 4.78 is 4.65. The zero-order valence-electron chi connectivity index (χ0n) is 16.4. The molecule has 1 unspecified atom stereocenters. The van der Waals surface area contributed by atoms with Crippen LogP contribution < -0.4 is 5.32 Å². The lowest BCUT2D eigenvalue weighted by atomic mass is 10.0. The van der Waals surface area contributed by atoms with E-state index in [9.17, 15) is 4.79 Å². The van der Waals surface area contributed by atoms with E-state index in [4.69, 9.17) is 0 Å². The average molecular weight is 374 g/mol. The van der Waals surface area contributed by atoms with E-state index in [1.165, 1.54) is 46.5 Å². The number of hydrogen-bond donors (Lipinski definition) is 2. The Kier molecular flexibility index (Phi) is 5.31. The summed E-state index contributed by atoms with van der Waals surface area (Å²) in [5.41, 5.74) is 7.67. The SMILES string of the molecule is COC(=O)/C=C/c1ccc2c(c1)CCC2NCCc1c(C)[nH]c2ccccc12. The number of esters is 1. The van der Waals surface area contributed by atoms with Gasteiger partial charge in [-0.1, -0.05) is 36.4 Å². The molecule has 28 heavy (non-hydrogen) atoms. The number of nitrogens with one attached hydrogen (secondary N) is 2. The van der Waals surface area contributed by atoms with Crippen LogP contribution in [0.25, 0.3) is 17.0 Å². The molecule has 4 nitrogen and oxygen atoms in total. The predicted octanol–water partition coefficient (Wildman–Crippen LogP) is 4.48. The molecule has 0 spiro atoms. The van der Waals surface area contributed by atoms with Gasteiger partial charge in [-0.25, -0.2) is 4.79 Å². The highest BCUT2D eigenvalue weighted by molar-refractivity contribution is 5.87. The van der Waals surface area contributed by atoms with Crippen molar-refractivity contribution in [3.8, 4) is 0 Å². The number of rotatable bonds is 6. The quantitative estimate of drug-likeness (QED) is 0.494. The first-order valence-electron chi connectivity index (χ1n) is 9.84. The number of ether oxygens (including phenoxy) is 1. The number of aromatic nitrogens is 1. The monoisotopic (exact) mass is 374 g/mol. The Labute approximate surface area is 165 Å². The number of benzene rings is 2. The van der Waals surface area contributed by atoms with Gasteiger partial charge in [0.15, 0.2) is 0 Å². The second kappa shape index (κ2) is 8.03. The first-order valence-corrected chi connectivity index (χ1v) is 9.84. The van der Waals surface area contributed by atoms with Gasteiger partial charge in [0.1, 0.15) is 0 Å². The lowest BCUT2D eigenvalue weighted by Gasteiger charge is -2.14. The summed E-state index contributed by atoms with van der Waals surface area (Å²) in [4.78, 5) is 14.8. The van der Waals surface area contributed by atoms with Crippen molar-refractivity contribution >= 4 is 22.9 Å². The summed E-state index contributed by atoms with van der Waals surface area (Å²) >= 11 is 0. The zero-order valence-corrected chi connectivity index (χ0v) is 16.4. The molecule has 144 valence electrons. The number of aryl methyl sites for hydroxylation is 2. The predicted molar refractivity (Wildman–Crippen MR) is 113 cm³/mol. The average Bonchev–Trinajstić information content (AvgIpc) is 3.26. The minimum Gasteiger partial charge on any atom is -0.466 e. The van der Waals surface area contributed by atoms with Crippen LogP contribution in [0.5, 0.6) is 0 Å². The second-order valence-corrected chi connectivity index (χ2v) is 7.38. The summed E-state index contributed by atoms with van der Waals surface area (Å²) in [5.74, 6) is -0.326. The maximum absolute atomic E-state index is 11.3. The van der Waals surface area contributed by atoms with E-state index in [0.717, 1.165) is 31.4 Å². The third-order valence-electron chi connectivity index (χ3n) is 5.65. The fourth-order valence-corrected chi connectivity index (χ4v) is 4.21. The topological polar surface area (TPSA) is 54.1 Å². The minimum absolute atomic E-state index is 0.326. The summed E-state index contributed by atoms with van der Waals surface area (Å²) in [7, 11) is 1.39. The van der Waals surface area contributed by atoms with E-state index in [0.29, 0.717) is 6.04 Å². The van der Waals surface area contributed by atoms with E-state index in [2.05, 4.69) is 64.4 Å². The fourth-order valence-electron chi connectivity index (χ4n) is 4.21. The van der Waals surface area contributed by atoms with Crippen LogP contribution in [0.3, 0.4) is 0 Å². The minimum atomic E-state index is -0.326. The molecule has 1 atom stereocenters. The summed E-state index contributed by atoms with van der Waals surface area (Å²) in [5, 5.41) is 5.07. The van der Waals surface area contributed by atoms with Crippen molar-refractivity contribution < 1.29 is 9.53 Å². The normalized spacial score (nSPS) is 16.0. The zero-order chi connectivity index (χ0) is 19.5. The first kappa shape index (κ1) is 18.5. The van der Waals surface area contributed by atoms with Crippen LogP contribution in [0.15, 0.2) is 48.5 Å². The van der Waals surface area contributed by atoms with Gasteiger partial charge in [-0.05, 0) is 67.1 Å². The number of aromatic amines is 1. The molecule has 0 saturated heterocycles. The fraction of sp³-hybridized carbons (Fsp3) is 0.292. The van der Waals surface area contributed by atoms with Gasteiger partial charge in [0, 0.05) is 28.7 Å². The third kappa shape index (κ3) is 3.73. The van der Waals surface area contributed by atoms with E-state index < -0.39 is 0 Å². The van der Waals surface area contributed by atoms with Gasteiger partial charge in [-0.2, -0.15) is 0 Å². The Hall–Kier alpha value is -2.85. The Morgan fingerprint density at radius 2 is 2.14 bits per heavy atom. The number of fused-ring (bicyclic) bond motifs is 2. The summed E-state index contributed by atoms with van der Waals surface area (Å²) in [6.45, 7) is 3.11. The van der Waals surface area contributed by atoms with Gasteiger partial charge in [-0.15, -0.1) is 0 Å². The first-order chi connectivity index (χ1) is 13.7. The van der Waals surface area contributed by atoms with E-state index in [1.54, 1.807) is 0 Å². The molecule has 1 aliphatic rings. The van der Waals surface area contributed by atoms with Crippen LogP contribution in [0, 0.1) is 6.92 Å². The number of para-hydroxylation sites is 1. The van der Waals surface area contributed by atoms with Gasteiger partial charge in [0.25, 0.3) is 0 Å². The molecule has 0 bridgehead atoms. The molecule has 4 rings (SSSR count). The van der Waals surface area contributed by atoms with Crippen LogP contribution in [0.1, 0.15) is 40.4 Å². The highest BCUT2D eigenvalue weighted by Crippen LogP contribution is 2.32. The lowest BCUT2D eigenvalue weighted by Crippen LogP contribution is -2.22. The summed E-state index contributed by atoms with van der Waals surface area (Å²) in [6, 6.07) is 15.4. The van der Waals surface area contributed by atoms with Crippen molar-refractivity contribution in [2.24, 2.45) is 0 Å². The number of hydrogen-bond acceptors (Lipinski definition) is 3. The smallest absolute Gasteiger partial charge is 0.330 e. The van der Waals surface area contributed by atoms with Crippen molar-refractivity contribution in [2.45, 2.75) is 32.2 Å².